The second-order valence-electron chi connectivity index (χ2n) is 5.26. The summed E-state index contributed by atoms with van der Waals surface area (Å²) >= 11 is 5.86. The summed E-state index contributed by atoms with van der Waals surface area (Å²) in [6.07, 6.45) is 0.456. The van der Waals surface area contributed by atoms with Gasteiger partial charge in [-0.3, -0.25) is 9.69 Å². The minimum atomic E-state index is -0.302. The molecule has 1 atom stereocenters. The molecule has 4 nitrogen and oxygen atoms in total. The predicted molar refractivity (Wildman–Crippen MR) is 79.4 cm³/mol. The number of anilines is 1. The topological polar surface area (TPSA) is 38.1 Å². The van der Waals surface area contributed by atoms with Gasteiger partial charge >= 0.3 is 0 Å². The van der Waals surface area contributed by atoms with Gasteiger partial charge in [0.05, 0.1) is 11.4 Å². The molecule has 0 bridgehead atoms. The van der Waals surface area contributed by atoms with Gasteiger partial charge in [0.25, 0.3) is 0 Å². The van der Waals surface area contributed by atoms with Gasteiger partial charge in [-0.2, -0.15) is 5.10 Å². The van der Waals surface area contributed by atoms with E-state index < -0.39 is 0 Å². The number of hydrogen-bond acceptors (Lipinski definition) is 2. The van der Waals surface area contributed by atoms with Gasteiger partial charge in [0.1, 0.15) is 11.6 Å². The van der Waals surface area contributed by atoms with Gasteiger partial charge in [-0.25, -0.2) is 9.07 Å². The largest absolute Gasteiger partial charge is 0.296 e. The third-order valence-electron chi connectivity index (χ3n) is 3.58. The van der Waals surface area contributed by atoms with E-state index in [1.165, 1.54) is 12.1 Å². The fourth-order valence-electron chi connectivity index (χ4n) is 2.56. The molecule has 0 N–H and O–H groups in total. The van der Waals surface area contributed by atoms with Crippen molar-refractivity contribution in [3.63, 3.8) is 0 Å². The number of benzene rings is 1. The Morgan fingerprint density at radius 2 is 2.10 bits per heavy atom. The van der Waals surface area contributed by atoms with E-state index in [1.54, 1.807) is 21.7 Å². The van der Waals surface area contributed by atoms with E-state index >= 15 is 0 Å². The first-order valence-electron chi connectivity index (χ1n) is 6.77. The summed E-state index contributed by atoms with van der Waals surface area (Å²) in [6.45, 7) is 2.46. The normalized spacial score (nSPS) is 18.5. The van der Waals surface area contributed by atoms with E-state index in [2.05, 4.69) is 5.10 Å². The number of amides is 1. The van der Waals surface area contributed by atoms with Crippen LogP contribution in [0.5, 0.6) is 0 Å². The van der Waals surface area contributed by atoms with Crippen molar-refractivity contribution in [1.29, 1.82) is 0 Å². The number of halogens is 2. The van der Waals surface area contributed by atoms with Gasteiger partial charge in [-0.1, -0.05) is 0 Å². The molecule has 6 heteroatoms. The standard InChI is InChI=1S/C15H15ClFN3O/c1-10-6-14(19-9-11(8-16)7-15(19)21)20(18-10)13-4-2-12(17)3-5-13/h2-6,11H,7-9H2,1H3. The molecule has 1 aliphatic rings. The molecule has 0 spiro atoms. The molecule has 1 aromatic carbocycles. The van der Waals surface area contributed by atoms with Crippen LogP contribution in [0.15, 0.2) is 30.3 Å². The van der Waals surface area contributed by atoms with Gasteiger partial charge in [0, 0.05) is 24.9 Å². The second-order valence-corrected chi connectivity index (χ2v) is 5.57. The van der Waals surface area contributed by atoms with E-state index in [9.17, 15) is 9.18 Å². The van der Waals surface area contributed by atoms with E-state index in [1.807, 2.05) is 13.0 Å². The van der Waals surface area contributed by atoms with Crippen LogP contribution in [0.2, 0.25) is 0 Å². The monoisotopic (exact) mass is 307 g/mol. The van der Waals surface area contributed by atoms with Crippen LogP contribution in [0.3, 0.4) is 0 Å². The van der Waals surface area contributed by atoms with E-state index in [-0.39, 0.29) is 17.6 Å². The minimum Gasteiger partial charge on any atom is -0.296 e. The Morgan fingerprint density at radius 3 is 2.71 bits per heavy atom. The highest BCUT2D eigenvalue weighted by Gasteiger charge is 2.32. The Labute approximate surface area is 127 Å². The van der Waals surface area contributed by atoms with Crippen molar-refractivity contribution in [2.24, 2.45) is 5.92 Å². The fourth-order valence-corrected chi connectivity index (χ4v) is 2.76. The molecule has 0 saturated carbocycles. The molecule has 21 heavy (non-hydrogen) atoms. The molecule has 1 aliphatic heterocycles. The fraction of sp³-hybridized carbons (Fsp3) is 0.333. The lowest BCUT2D eigenvalue weighted by Gasteiger charge is -2.17. The number of carbonyl (C=O) groups is 1. The third-order valence-corrected chi connectivity index (χ3v) is 4.02. The van der Waals surface area contributed by atoms with E-state index in [4.69, 9.17) is 11.6 Å². The molecule has 1 saturated heterocycles. The Balaban J connectivity index is 2.00. The first kappa shape index (κ1) is 14.1. The maximum atomic E-state index is 13.1. The van der Waals surface area contributed by atoms with Crippen LogP contribution in [-0.4, -0.2) is 28.1 Å². The lowest BCUT2D eigenvalue weighted by atomic mass is 10.1. The number of rotatable bonds is 3. The lowest BCUT2D eigenvalue weighted by Crippen LogP contribution is -2.27. The third kappa shape index (κ3) is 2.65. The summed E-state index contributed by atoms with van der Waals surface area (Å²) in [5, 5.41) is 4.41. The van der Waals surface area contributed by atoms with Crippen LogP contribution in [0.1, 0.15) is 12.1 Å². The number of carbonyl (C=O) groups excluding carboxylic acids is 1. The first-order valence-corrected chi connectivity index (χ1v) is 7.31. The molecule has 3 rings (SSSR count). The van der Waals surface area contributed by atoms with Crippen molar-refractivity contribution in [1.82, 2.24) is 9.78 Å². The highest BCUT2D eigenvalue weighted by molar-refractivity contribution is 6.18. The quantitative estimate of drug-likeness (QED) is 0.818. The summed E-state index contributed by atoms with van der Waals surface area (Å²) in [7, 11) is 0. The number of nitrogens with zero attached hydrogens (tertiary/aromatic N) is 3. The molecular formula is C15H15ClFN3O. The predicted octanol–water partition coefficient (Wildman–Crippen LogP) is 2.91. The van der Waals surface area contributed by atoms with Crippen LogP contribution in [0.4, 0.5) is 10.2 Å². The number of aryl methyl sites for hydroxylation is 1. The van der Waals surface area contributed by atoms with Gasteiger partial charge in [0.15, 0.2) is 0 Å². The zero-order valence-corrected chi connectivity index (χ0v) is 12.3. The van der Waals surface area contributed by atoms with Crippen LogP contribution in [0, 0.1) is 18.7 Å². The highest BCUT2D eigenvalue weighted by Crippen LogP contribution is 2.28. The van der Waals surface area contributed by atoms with Crippen LogP contribution in [0.25, 0.3) is 5.69 Å². The van der Waals surface area contributed by atoms with Crippen molar-refractivity contribution in [2.45, 2.75) is 13.3 Å². The summed E-state index contributed by atoms with van der Waals surface area (Å²) in [6, 6.07) is 7.90. The highest BCUT2D eigenvalue weighted by atomic mass is 35.5. The van der Waals surface area contributed by atoms with E-state index in [0.29, 0.717) is 24.7 Å². The summed E-state index contributed by atoms with van der Waals surface area (Å²) in [5.41, 5.74) is 1.53. The Morgan fingerprint density at radius 1 is 1.38 bits per heavy atom. The Bertz CT molecular complexity index is 668. The molecule has 1 fully saturated rings. The average molecular weight is 308 g/mol. The second kappa shape index (κ2) is 5.48. The van der Waals surface area contributed by atoms with Crippen molar-refractivity contribution in [3.05, 3.63) is 41.8 Å². The Hall–Kier alpha value is -1.88. The molecule has 2 heterocycles. The van der Waals surface area contributed by atoms with Crippen molar-refractivity contribution >= 4 is 23.3 Å². The summed E-state index contributed by atoms with van der Waals surface area (Å²) in [5.74, 6) is 1.08. The summed E-state index contributed by atoms with van der Waals surface area (Å²) < 4.78 is 14.7. The summed E-state index contributed by atoms with van der Waals surface area (Å²) in [4.78, 5) is 13.9. The smallest absolute Gasteiger partial charge is 0.228 e. The van der Waals surface area contributed by atoms with Gasteiger partial charge in [0.2, 0.25) is 5.91 Å². The van der Waals surface area contributed by atoms with Crippen molar-refractivity contribution < 1.29 is 9.18 Å². The van der Waals surface area contributed by atoms with Crippen LogP contribution < -0.4 is 4.90 Å². The zero-order chi connectivity index (χ0) is 15.0. The molecule has 0 radical (unpaired) electrons. The van der Waals surface area contributed by atoms with Gasteiger partial charge < -0.3 is 0 Å². The molecule has 110 valence electrons. The molecule has 0 aliphatic carbocycles. The maximum Gasteiger partial charge on any atom is 0.228 e. The number of alkyl halides is 1. The van der Waals surface area contributed by atoms with Crippen molar-refractivity contribution in [2.75, 3.05) is 17.3 Å². The zero-order valence-electron chi connectivity index (χ0n) is 11.6. The SMILES string of the molecule is Cc1cc(N2CC(CCl)CC2=O)n(-c2ccc(F)cc2)n1. The van der Waals surface area contributed by atoms with Crippen molar-refractivity contribution in [3.8, 4) is 5.69 Å². The minimum absolute atomic E-state index is 0.0453. The Kier molecular flexibility index (Phi) is 3.68. The van der Waals surface area contributed by atoms with Crippen LogP contribution >= 0.6 is 11.6 Å². The number of hydrogen-bond donors (Lipinski definition) is 0. The maximum absolute atomic E-state index is 13.1. The lowest BCUT2D eigenvalue weighted by molar-refractivity contribution is -0.117. The molecule has 1 amide bonds. The molecule has 1 unspecified atom stereocenters. The molecule has 1 aromatic heterocycles. The average Bonchev–Trinajstić information content (AvgIpc) is 3.02. The van der Waals surface area contributed by atoms with E-state index in [0.717, 1.165) is 11.4 Å². The molecule has 2 aromatic rings. The van der Waals surface area contributed by atoms with Crippen LogP contribution in [-0.2, 0) is 4.79 Å². The van der Waals surface area contributed by atoms with Gasteiger partial charge in [-0.15, -0.1) is 11.6 Å². The molecular weight excluding hydrogens is 293 g/mol. The first-order chi connectivity index (χ1) is 10.1. The van der Waals surface area contributed by atoms with Gasteiger partial charge in [-0.05, 0) is 37.1 Å². The number of aromatic nitrogens is 2.